The third kappa shape index (κ3) is 5.34. The summed E-state index contributed by atoms with van der Waals surface area (Å²) in [5.41, 5.74) is 6.87. The summed E-state index contributed by atoms with van der Waals surface area (Å²) in [6.07, 6.45) is 8.06. The maximum atomic E-state index is 11.2. The van der Waals surface area contributed by atoms with Crippen LogP contribution in [0.2, 0.25) is 0 Å². The number of imidazole rings is 1. The first-order valence-electron chi connectivity index (χ1n) is 10.5. The van der Waals surface area contributed by atoms with Crippen molar-refractivity contribution in [2.24, 2.45) is 0 Å². The van der Waals surface area contributed by atoms with Gasteiger partial charge in [0.1, 0.15) is 5.65 Å². The number of aromatic nitrogens is 2. The second-order valence-corrected chi connectivity index (χ2v) is 7.34. The fraction of sp³-hybridized carbons (Fsp3) is 0.333. The number of rotatable bonds is 10. The summed E-state index contributed by atoms with van der Waals surface area (Å²) in [6.45, 7) is 7.34. The second kappa shape index (κ2) is 10.7. The number of allylic oxidation sites excluding steroid dienone is 1. The SMILES string of the molecule is CCCCN(CC)Cc1c(-c2ccccc2)nc2cc(C/C=C/C(=O)NO)ccn12. The van der Waals surface area contributed by atoms with Crippen molar-refractivity contribution in [3.8, 4) is 11.3 Å². The van der Waals surface area contributed by atoms with E-state index in [1.54, 1.807) is 11.6 Å². The number of nitrogens with one attached hydrogen (secondary N) is 1. The van der Waals surface area contributed by atoms with Gasteiger partial charge in [-0.3, -0.25) is 14.9 Å². The fourth-order valence-corrected chi connectivity index (χ4v) is 3.52. The molecule has 0 saturated carbocycles. The average molecular weight is 407 g/mol. The quantitative estimate of drug-likeness (QED) is 0.300. The Bertz CT molecular complexity index is 995. The molecule has 0 aliphatic heterocycles. The highest BCUT2D eigenvalue weighted by Crippen LogP contribution is 2.26. The van der Waals surface area contributed by atoms with Crippen molar-refractivity contribution in [3.05, 3.63) is 72.1 Å². The van der Waals surface area contributed by atoms with E-state index in [-0.39, 0.29) is 0 Å². The highest BCUT2D eigenvalue weighted by atomic mass is 16.5. The number of carbonyl (C=O) groups excluding carboxylic acids is 1. The number of unbranched alkanes of at least 4 members (excludes halogenated alkanes) is 1. The van der Waals surface area contributed by atoms with Crippen LogP contribution >= 0.6 is 0 Å². The van der Waals surface area contributed by atoms with Gasteiger partial charge >= 0.3 is 0 Å². The Hall–Kier alpha value is -2.96. The van der Waals surface area contributed by atoms with Gasteiger partial charge in [-0.15, -0.1) is 0 Å². The van der Waals surface area contributed by atoms with Gasteiger partial charge in [-0.25, -0.2) is 10.5 Å². The molecule has 0 spiro atoms. The minimum Gasteiger partial charge on any atom is -0.302 e. The number of nitrogens with zero attached hydrogens (tertiary/aromatic N) is 3. The van der Waals surface area contributed by atoms with Crippen molar-refractivity contribution in [1.82, 2.24) is 19.8 Å². The van der Waals surface area contributed by atoms with Gasteiger partial charge in [0.2, 0.25) is 0 Å². The molecule has 0 radical (unpaired) electrons. The highest BCUT2D eigenvalue weighted by Gasteiger charge is 2.16. The zero-order valence-corrected chi connectivity index (χ0v) is 17.7. The van der Waals surface area contributed by atoms with E-state index < -0.39 is 5.91 Å². The van der Waals surface area contributed by atoms with Gasteiger partial charge in [-0.1, -0.05) is 56.7 Å². The first kappa shape index (κ1) is 21.7. The van der Waals surface area contributed by atoms with Gasteiger partial charge in [0.05, 0.1) is 11.4 Å². The topological polar surface area (TPSA) is 69.9 Å². The molecule has 3 aromatic rings. The lowest BCUT2D eigenvalue weighted by atomic mass is 10.1. The summed E-state index contributed by atoms with van der Waals surface area (Å²) in [5.74, 6) is -0.530. The molecule has 0 aliphatic rings. The number of fused-ring (bicyclic) bond motifs is 1. The van der Waals surface area contributed by atoms with Crippen molar-refractivity contribution < 1.29 is 10.0 Å². The highest BCUT2D eigenvalue weighted by molar-refractivity contribution is 5.86. The van der Waals surface area contributed by atoms with Crippen LogP contribution in [-0.4, -0.2) is 38.5 Å². The Labute approximate surface area is 177 Å². The molecule has 0 saturated heterocycles. The summed E-state index contributed by atoms with van der Waals surface area (Å²) in [7, 11) is 0. The largest absolute Gasteiger partial charge is 0.302 e. The van der Waals surface area contributed by atoms with Crippen LogP contribution in [0, 0.1) is 0 Å². The van der Waals surface area contributed by atoms with Gasteiger partial charge in [0.25, 0.3) is 5.91 Å². The average Bonchev–Trinajstić information content (AvgIpc) is 3.14. The van der Waals surface area contributed by atoms with E-state index in [9.17, 15) is 4.79 Å². The van der Waals surface area contributed by atoms with Crippen molar-refractivity contribution in [1.29, 1.82) is 0 Å². The van der Waals surface area contributed by atoms with Crippen LogP contribution in [0.15, 0.2) is 60.8 Å². The Morgan fingerprint density at radius 1 is 1.23 bits per heavy atom. The normalized spacial score (nSPS) is 11.6. The van der Waals surface area contributed by atoms with Crippen molar-refractivity contribution in [2.75, 3.05) is 13.1 Å². The predicted molar refractivity (Wildman–Crippen MR) is 119 cm³/mol. The van der Waals surface area contributed by atoms with E-state index in [1.807, 2.05) is 18.2 Å². The number of carbonyl (C=O) groups is 1. The molecule has 0 atom stereocenters. The molecular weight excluding hydrogens is 376 g/mol. The summed E-state index contributed by atoms with van der Waals surface area (Å²) >= 11 is 0. The number of hydrogen-bond donors (Lipinski definition) is 2. The van der Waals surface area contributed by atoms with Crippen molar-refractivity contribution >= 4 is 11.6 Å². The van der Waals surface area contributed by atoms with E-state index in [0.717, 1.165) is 42.1 Å². The summed E-state index contributed by atoms with van der Waals surface area (Å²) in [6, 6.07) is 14.4. The third-order valence-corrected chi connectivity index (χ3v) is 5.22. The van der Waals surface area contributed by atoms with Crippen molar-refractivity contribution in [3.63, 3.8) is 0 Å². The molecule has 0 fully saturated rings. The molecule has 2 N–H and O–H groups in total. The fourth-order valence-electron chi connectivity index (χ4n) is 3.52. The van der Waals surface area contributed by atoms with Crippen LogP contribution in [0.4, 0.5) is 0 Å². The van der Waals surface area contributed by atoms with Gasteiger partial charge in [0.15, 0.2) is 0 Å². The Balaban J connectivity index is 1.97. The standard InChI is InChI=1S/C24H30N4O2/c1-3-5-15-27(4-2)18-21-24(20-11-7-6-8-12-20)25-22-17-19(14-16-28(21)22)10-9-13-23(29)26-30/h6-9,11-14,16-17,30H,3-5,10,15,18H2,1-2H3,(H,26,29)/b13-9+. The van der Waals surface area contributed by atoms with Crippen LogP contribution < -0.4 is 5.48 Å². The third-order valence-electron chi connectivity index (χ3n) is 5.22. The molecule has 1 amide bonds. The number of pyridine rings is 1. The second-order valence-electron chi connectivity index (χ2n) is 7.34. The molecule has 2 heterocycles. The molecule has 30 heavy (non-hydrogen) atoms. The molecule has 0 unspecified atom stereocenters. The van der Waals surface area contributed by atoms with Crippen LogP contribution in [0.1, 0.15) is 37.9 Å². The summed E-state index contributed by atoms with van der Waals surface area (Å²) in [5, 5.41) is 8.59. The predicted octanol–water partition coefficient (Wildman–Crippen LogP) is 4.23. The molecule has 158 valence electrons. The zero-order valence-electron chi connectivity index (χ0n) is 17.7. The van der Waals surface area contributed by atoms with Crippen LogP contribution in [0.5, 0.6) is 0 Å². The van der Waals surface area contributed by atoms with Gasteiger partial charge < -0.3 is 4.40 Å². The maximum Gasteiger partial charge on any atom is 0.267 e. The van der Waals surface area contributed by atoms with Gasteiger partial charge in [-0.05, 0) is 43.6 Å². The van der Waals surface area contributed by atoms with E-state index >= 15 is 0 Å². The lowest BCUT2D eigenvalue weighted by Gasteiger charge is -2.20. The minimum atomic E-state index is -0.530. The first-order chi connectivity index (χ1) is 14.7. The van der Waals surface area contributed by atoms with Crippen LogP contribution in [-0.2, 0) is 17.8 Å². The molecule has 6 heteroatoms. The molecule has 3 rings (SSSR count). The smallest absolute Gasteiger partial charge is 0.267 e. The van der Waals surface area contributed by atoms with Crippen LogP contribution in [0.25, 0.3) is 16.9 Å². The molecule has 2 aromatic heterocycles. The number of hydroxylamine groups is 1. The monoisotopic (exact) mass is 406 g/mol. The maximum absolute atomic E-state index is 11.2. The number of benzene rings is 1. The summed E-state index contributed by atoms with van der Waals surface area (Å²) in [4.78, 5) is 18.6. The Morgan fingerprint density at radius 3 is 2.73 bits per heavy atom. The van der Waals surface area contributed by atoms with Crippen molar-refractivity contribution in [2.45, 2.75) is 39.7 Å². The molecule has 0 aliphatic carbocycles. The van der Waals surface area contributed by atoms with E-state index in [1.165, 1.54) is 24.6 Å². The van der Waals surface area contributed by atoms with Crippen LogP contribution in [0.3, 0.4) is 0 Å². The van der Waals surface area contributed by atoms with Gasteiger partial charge in [0, 0.05) is 24.4 Å². The molecule has 0 bridgehead atoms. The summed E-state index contributed by atoms with van der Waals surface area (Å²) < 4.78 is 2.17. The molecule has 6 nitrogen and oxygen atoms in total. The Kier molecular flexibility index (Phi) is 7.76. The number of amides is 1. The number of hydrogen-bond acceptors (Lipinski definition) is 4. The van der Waals surface area contributed by atoms with E-state index in [2.05, 4.69) is 53.6 Å². The minimum absolute atomic E-state index is 0.530. The van der Waals surface area contributed by atoms with E-state index in [0.29, 0.717) is 6.42 Å². The lowest BCUT2D eigenvalue weighted by molar-refractivity contribution is -0.124. The van der Waals surface area contributed by atoms with Gasteiger partial charge in [-0.2, -0.15) is 0 Å². The molecule has 1 aromatic carbocycles. The first-order valence-corrected chi connectivity index (χ1v) is 10.5. The Morgan fingerprint density at radius 2 is 2.03 bits per heavy atom. The lowest BCUT2D eigenvalue weighted by Crippen LogP contribution is -2.25. The molecular formula is C24H30N4O2. The zero-order chi connectivity index (χ0) is 21.3. The van der Waals surface area contributed by atoms with E-state index in [4.69, 9.17) is 10.2 Å².